The van der Waals surface area contributed by atoms with E-state index in [1.54, 1.807) is 62.4 Å². The lowest BCUT2D eigenvalue weighted by Gasteiger charge is -2.25. The van der Waals surface area contributed by atoms with Crippen LogP contribution in [0.4, 0.5) is 0 Å². The summed E-state index contributed by atoms with van der Waals surface area (Å²) in [5.74, 6) is -2.64. The zero-order valence-electron chi connectivity index (χ0n) is 17.4. The SMILES string of the molecule is CC1(C)COC(=O)[C@@H]1OC(=O)[C@H](CCN1C(=O)c2ccccc2C1=O)c1ccccc1. The summed E-state index contributed by atoms with van der Waals surface area (Å²) in [6.07, 6.45) is -0.818. The van der Waals surface area contributed by atoms with Crippen LogP contribution >= 0.6 is 0 Å². The number of amides is 2. The Morgan fingerprint density at radius 3 is 2.16 bits per heavy atom. The molecule has 7 nitrogen and oxygen atoms in total. The Labute approximate surface area is 179 Å². The van der Waals surface area contributed by atoms with Crippen molar-refractivity contribution < 1.29 is 28.7 Å². The van der Waals surface area contributed by atoms with Crippen molar-refractivity contribution in [1.29, 1.82) is 0 Å². The molecule has 2 aliphatic rings. The highest BCUT2D eigenvalue weighted by molar-refractivity contribution is 6.21. The second kappa shape index (κ2) is 7.98. The Bertz CT molecular complexity index is 1010. The van der Waals surface area contributed by atoms with E-state index >= 15 is 0 Å². The standard InChI is InChI=1S/C24H23NO6/c1-24(2)14-30-23(29)19(24)31-22(28)16(15-8-4-3-5-9-15)12-13-25-20(26)17-10-6-7-11-18(17)21(25)27/h3-11,16,19H,12-14H2,1-2H3/t16-,19+/m1/s1. The minimum absolute atomic E-state index is 0.0551. The lowest BCUT2D eigenvalue weighted by atomic mass is 9.89. The zero-order chi connectivity index (χ0) is 22.2. The van der Waals surface area contributed by atoms with Crippen molar-refractivity contribution in [2.75, 3.05) is 13.2 Å². The molecule has 2 aliphatic heterocycles. The van der Waals surface area contributed by atoms with E-state index < -0.39 is 29.4 Å². The van der Waals surface area contributed by atoms with Crippen LogP contribution in [0.5, 0.6) is 0 Å². The summed E-state index contributed by atoms with van der Waals surface area (Å²) in [6, 6.07) is 15.6. The van der Waals surface area contributed by atoms with Gasteiger partial charge in [-0.25, -0.2) is 4.79 Å². The first-order valence-electron chi connectivity index (χ1n) is 10.2. The van der Waals surface area contributed by atoms with E-state index in [1.165, 1.54) is 0 Å². The monoisotopic (exact) mass is 421 g/mol. The predicted octanol–water partition coefficient (Wildman–Crippen LogP) is 2.95. The van der Waals surface area contributed by atoms with Gasteiger partial charge in [0, 0.05) is 12.0 Å². The molecule has 0 saturated carbocycles. The summed E-state index contributed by atoms with van der Waals surface area (Å²) in [7, 11) is 0. The molecule has 2 atom stereocenters. The molecule has 2 heterocycles. The van der Waals surface area contributed by atoms with Crippen LogP contribution in [0.2, 0.25) is 0 Å². The van der Waals surface area contributed by atoms with Crippen molar-refractivity contribution in [3.63, 3.8) is 0 Å². The second-order valence-corrected chi connectivity index (χ2v) is 8.47. The third-order valence-corrected chi connectivity index (χ3v) is 5.75. The van der Waals surface area contributed by atoms with Gasteiger partial charge in [0.2, 0.25) is 6.10 Å². The Balaban J connectivity index is 1.53. The molecule has 0 N–H and O–H groups in total. The van der Waals surface area contributed by atoms with Gasteiger partial charge in [0.25, 0.3) is 11.8 Å². The largest absolute Gasteiger partial charge is 0.462 e. The predicted molar refractivity (Wildman–Crippen MR) is 110 cm³/mol. The summed E-state index contributed by atoms with van der Waals surface area (Å²) in [5.41, 5.74) is 0.785. The van der Waals surface area contributed by atoms with Gasteiger partial charge >= 0.3 is 11.9 Å². The van der Waals surface area contributed by atoms with Crippen LogP contribution in [-0.4, -0.2) is 47.9 Å². The molecule has 160 valence electrons. The number of hydrogen-bond donors (Lipinski definition) is 0. The van der Waals surface area contributed by atoms with Gasteiger partial charge in [0.05, 0.1) is 17.0 Å². The highest BCUT2D eigenvalue weighted by atomic mass is 16.6. The van der Waals surface area contributed by atoms with Crippen LogP contribution in [0, 0.1) is 5.41 Å². The number of carbonyl (C=O) groups excluding carboxylic acids is 4. The van der Waals surface area contributed by atoms with Crippen LogP contribution in [0.1, 0.15) is 52.5 Å². The number of ether oxygens (including phenoxy) is 2. The maximum absolute atomic E-state index is 13.1. The molecule has 7 heteroatoms. The van der Waals surface area contributed by atoms with Crippen molar-refractivity contribution in [3.8, 4) is 0 Å². The maximum Gasteiger partial charge on any atom is 0.348 e. The zero-order valence-corrected chi connectivity index (χ0v) is 17.4. The first kappa shape index (κ1) is 20.8. The summed E-state index contributed by atoms with van der Waals surface area (Å²) in [5, 5.41) is 0. The number of nitrogens with zero attached hydrogens (tertiary/aromatic N) is 1. The van der Waals surface area contributed by atoms with E-state index in [1.807, 2.05) is 6.07 Å². The van der Waals surface area contributed by atoms with Crippen molar-refractivity contribution in [3.05, 3.63) is 71.3 Å². The smallest absolute Gasteiger partial charge is 0.348 e. The molecule has 0 aromatic heterocycles. The van der Waals surface area contributed by atoms with Gasteiger partial charge in [0.15, 0.2) is 0 Å². The van der Waals surface area contributed by atoms with E-state index in [4.69, 9.17) is 9.47 Å². The van der Waals surface area contributed by atoms with Gasteiger partial charge in [-0.15, -0.1) is 0 Å². The third-order valence-electron chi connectivity index (χ3n) is 5.75. The summed E-state index contributed by atoms with van der Waals surface area (Å²) in [6.45, 7) is 3.83. The van der Waals surface area contributed by atoms with Gasteiger partial charge in [0.1, 0.15) is 6.61 Å². The fraction of sp³-hybridized carbons (Fsp3) is 0.333. The van der Waals surface area contributed by atoms with Crippen molar-refractivity contribution >= 4 is 23.8 Å². The fourth-order valence-electron chi connectivity index (χ4n) is 3.94. The summed E-state index contributed by atoms with van der Waals surface area (Å²) in [4.78, 5) is 51.6. The van der Waals surface area contributed by atoms with Gasteiger partial charge in [-0.1, -0.05) is 56.3 Å². The molecule has 0 bridgehead atoms. The molecule has 0 radical (unpaired) electrons. The number of carbonyl (C=O) groups is 4. The Morgan fingerprint density at radius 1 is 1.03 bits per heavy atom. The topological polar surface area (TPSA) is 90.0 Å². The number of rotatable bonds is 6. The molecule has 2 amide bonds. The highest BCUT2D eigenvalue weighted by Crippen LogP contribution is 2.33. The number of cyclic esters (lactones) is 1. The van der Waals surface area contributed by atoms with Crippen LogP contribution in [0.3, 0.4) is 0 Å². The first-order chi connectivity index (χ1) is 14.8. The van der Waals surface area contributed by atoms with Crippen LogP contribution in [-0.2, 0) is 19.1 Å². The van der Waals surface area contributed by atoms with Crippen molar-refractivity contribution in [2.45, 2.75) is 32.3 Å². The quantitative estimate of drug-likeness (QED) is 0.526. The lowest BCUT2D eigenvalue weighted by molar-refractivity contribution is -0.164. The van der Waals surface area contributed by atoms with E-state index in [0.29, 0.717) is 16.7 Å². The molecule has 0 spiro atoms. The van der Waals surface area contributed by atoms with Crippen LogP contribution in [0.15, 0.2) is 54.6 Å². The second-order valence-electron chi connectivity index (χ2n) is 8.47. The van der Waals surface area contributed by atoms with Crippen LogP contribution in [0.25, 0.3) is 0 Å². The van der Waals surface area contributed by atoms with Gasteiger partial charge in [-0.2, -0.15) is 0 Å². The van der Waals surface area contributed by atoms with Crippen LogP contribution < -0.4 is 0 Å². The normalized spacial score (nSPS) is 20.4. The van der Waals surface area contributed by atoms with Gasteiger partial charge < -0.3 is 9.47 Å². The third kappa shape index (κ3) is 3.83. The number of imide groups is 1. The number of benzene rings is 2. The highest BCUT2D eigenvalue weighted by Gasteiger charge is 2.47. The number of hydrogen-bond acceptors (Lipinski definition) is 6. The average Bonchev–Trinajstić information content (AvgIpc) is 3.16. The van der Waals surface area contributed by atoms with E-state index in [2.05, 4.69) is 0 Å². The summed E-state index contributed by atoms with van der Waals surface area (Å²) < 4.78 is 10.6. The molecule has 0 unspecified atom stereocenters. The van der Waals surface area contributed by atoms with Crippen molar-refractivity contribution in [2.24, 2.45) is 5.41 Å². The first-order valence-corrected chi connectivity index (χ1v) is 10.2. The number of fused-ring (bicyclic) bond motifs is 1. The molecule has 1 saturated heterocycles. The van der Waals surface area contributed by atoms with Crippen molar-refractivity contribution in [1.82, 2.24) is 4.90 Å². The van der Waals surface area contributed by atoms with E-state index in [0.717, 1.165) is 4.90 Å². The lowest BCUT2D eigenvalue weighted by Crippen LogP contribution is -2.37. The molecule has 2 aromatic carbocycles. The number of esters is 2. The molecule has 4 rings (SSSR count). The summed E-state index contributed by atoms with van der Waals surface area (Å²) >= 11 is 0. The molecular weight excluding hydrogens is 398 g/mol. The molecule has 31 heavy (non-hydrogen) atoms. The fourth-order valence-corrected chi connectivity index (χ4v) is 3.94. The Kier molecular flexibility index (Phi) is 5.35. The van der Waals surface area contributed by atoms with Gasteiger partial charge in [-0.05, 0) is 24.1 Å². The molecular formula is C24H23NO6. The Hall–Kier alpha value is -3.48. The Morgan fingerprint density at radius 2 is 1.61 bits per heavy atom. The molecule has 1 fully saturated rings. The molecule has 0 aliphatic carbocycles. The van der Waals surface area contributed by atoms with Gasteiger partial charge in [-0.3, -0.25) is 19.3 Å². The van der Waals surface area contributed by atoms with E-state index in [9.17, 15) is 19.2 Å². The maximum atomic E-state index is 13.1. The minimum atomic E-state index is -0.995. The average molecular weight is 421 g/mol. The van der Waals surface area contributed by atoms with E-state index in [-0.39, 0.29) is 31.4 Å². The molecule has 2 aromatic rings. The minimum Gasteiger partial charge on any atom is -0.462 e.